The number of rotatable bonds is 7. The van der Waals surface area contributed by atoms with E-state index in [0.717, 1.165) is 25.7 Å². The van der Waals surface area contributed by atoms with Crippen LogP contribution in [0.25, 0.3) is 0 Å². The van der Waals surface area contributed by atoms with E-state index in [-0.39, 0.29) is 0 Å². The summed E-state index contributed by atoms with van der Waals surface area (Å²) in [6.07, 6.45) is 2.60. The molecule has 0 saturated carbocycles. The minimum Gasteiger partial charge on any atom is -0.380 e. The molecular formula is C16H34N2O. The van der Waals surface area contributed by atoms with Crippen LogP contribution in [0.15, 0.2) is 0 Å². The zero-order chi connectivity index (χ0) is 14.3. The van der Waals surface area contributed by atoms with Crippen LogP contribution >= 0.6 is 0 Å². The van der Waals surface area contributed by atoms with E-state index < -0.39 is 0 Å². The molecule has 3 nitrogen and oxygen atoms in total. The van der Waals surface area contributed by atoms with Gasteiger partial charge in [0.1, 0.15) is 0 Å². The lowest BCUT2D eigenvalue weighted by Gasteiger charge is -2.35. The normalized spacial score (nSPS) is 19.3. The molecule has 1 N–H and O–H groups in total. The molecule has 3 heteroatoms. The van der Waals surface area contributed by atoms with Crippen molar-refractivity contribution >= 4 is 0 Å². The van der Waals surface area contributed by atoms with E-state index in [9.17, 15) is 0 Å². The number of ether oxygens (including phenoxy) is 1. The Morgan fingerprint density at radius 2 is 1.84 bits per heavy atom. The Kier molecular flexibility index (Phi) is 7.33. The lowest BCUT2D eigenvalue weighted by atomic mass is 9.92. The van der Waals surface area contributed by atoms with E-state index in [0.29, 0.717) is 11.5 Å². The molecule has 114 valence electrons. The zero-order valence-electron chi connectivity index (χ0n) is 13.7. The van der Waals surface area contributed by atoms with Gasteiger partial charge in [-0.05, 0) is 37.3 Å². The van der Waals surface area contributed by atoms with E-state index in [4.69, 9.17) is 4.74 Å². The van der Waals surface area contributed by atoms with Crippen LogP contribution < -0.4 is 5.32 Å². The Morgan fingerprint density at radius 1 is 1.21 bits per heavy atom. The van der Waals surface area contributed by atoms with Crippen LogP contribution in [0.4, 0.5) is 0 Å². The first-order valence-electron chi connectivity index (χ1n) is 7.90. The fourth-order valence-electron chi connectivity index (χ4n) is 2.65. The van der Waals surface area contributed by atoms with Gasteiger partial charge in [-0.1, -0.05) is 34.6 Å². The van der Waals surface area contributed by atoms with Gasteiger partial charge in [-0.2, -0.15) is 0 Å². The summed E-state index contributed by atoms with van der Waals surface area (Å²) in [6, 6.07) is 0.559. The predicted octanol–water partition coefficient (Wildman–Crippen LogP) is 2.76. The van der Waals surface area contributed by atoms with E-state index in [1.54, 1.807) is 0 Å². The van der Waals surface area contributed by atoms with Crippen LogP contribution in [0.1, 0.15) is 47.5 Å². The second-order valence-corrected chi connectivity index (χ2v) is 7.46. The van der Waals surface area contributed by atoms with Gasteiger partial charge in [-0.25, -0.2) is 0 Å². The molecular weight excluding hydrogens is 236 g/mol. The maximum atomic E-state index is 5.78. The van der Waals surface area contributed by atoms with Crippen molar-refractivity contribution in [3.05, 3.63) is 0 Å². The Hall–Kier alpha value is -0.120. The summed E-state index contributed by atoms with van der Waals surface area (Å²) in [5.74, 6) is 0.773. The SMILES string of the molecule is CC(C)NCCOCC1CCN(CC(C)(C)C)CC1. The molecule has 1 saturated heterocycles. The average Bonchev–Trinajstić information content (AvgIpc) is 2.28. The molecule has 1 aliphatic rings. The van der Waals surface area contributed by atoms with Gasteiger partial charge in [-0.3, -0.25) is 0 Å². The molecule has 0 amide bonds. The van der Waals surface area contributed by atoms with Crippen LogP contribution in [-0.4, -0.2) is 50.3 Å². The molecule has 19 heavy (non-hydrogen) atoms. The quantitative estimate of drug-likeness (QED) is 0.720. The zero-order valence-corrected chi connectivity index (χ0v) is 13.7. The van der Waals surface area contributed by atoms with E-state index in [1.807, 2.05) is 0 Å². The van der Waals surface area contributed by atoms with Crippen LogP contribution in [-0.2, 0) is 4.74 Å². The maximum Gasteiger partial charge on any atom is 0.0591 e. The number of hydrogen-bond donors (Lipinski definition) is 1. The minimum absolute atomic E-state index is 0.422. The number of likely N-dealkylation sites (tertiary alicyclic amines) is 1. The largest absolute Gasteiger partial charge is 0.380 e. The summed E-state index contributed by atoms with van der Waals surface area (Å²) >= 11 is 0. The van der Waals surface area contributed by atoms with Gasteiger partial charge in [0.15, 0.2) is 0 Å². The summed E-state index contributed by atoms with van der Waals surface area (Å²) in [5, 5.41) is 3.38. The molecule has 0 spiro atoms. The van der Waals surface area contributed by atoms with Crippen molar-refractivity contribution in [2.75, 3.05) is 39.4 Å². The molecule has 0 unspecified atom stereocenters. The Morgan fingerprint density at radius 3 is 2.37 bits per heavy atom. The summed E-state index contributed by atoms with van der Waals surface area (Å²) < 4.78 is 5.78. The highest BCUT2D eigenvalue weighted by Crippen LogP contribution is 2.22. The predicted molar refractivity (Wildman–Crippen MR) is 82.6 cm³/mol. The first-order valence-corrected chi connectivity index (χ1v) is 7.90. The molecule has 0 bridgehead atoms. The van der Waals surface area contributed by atoms with Gasteiger partial charge in [0.25, 0.3) is 0 Å². The molecule has 1 aliphatic heterocycles. The third-order valence-corrected chi connectivity index (χ3v) is 3.56. The summed E-state index contributed by atoms with van der Waals surface area (Å²) in [6.45, 7) is 17.8. The highest BCUT2D eigenvalue weighted by atomic mass is 16.5. The summed E-state index contributed by atoms with van der Waals surface area (Å²) in [5.41, 5.74) is 0.422. The average molecular weight is 270 g/mol. The third-order valence-electron chi connectivity index (χ3n) is 3.56. The molecule has 1 fully saturated rings. The summed E-state index contributed by atoms with van der Waals surface area (Å²) in [4.78, 5) is 2.61. The highest BCUT2D eigenvalue weighted by Gasteiger charge is 2.22. The Balaban J connectivity index is 2.04. The maximum absolute atomic E-state index is 5.78. The van der Waals surface area contributed by atoms with Gasteiger partial charge in [0.05, 0.1) is 6.61 Å². The van der Waals surface area contributed by atoms with Crippen molar-refractivity contribution in [2.24, 2.45) is 11.3 Å². The first-order chi connectivity index (χ1) is 8.87. The number of hydrogen-bond acceptors (Lipinski definition) is 3. The second kappa shape index (κ2) is 8.23. The standard InChI is InChI=1S/C16H34N2O/c1-14(2)17-8-11-19-12-15-6-9-18(10-7-15)13-16(3,4)5/h14-15,17H,6-13H2,1-5H3. The summed E-state index contributed by atoms with van der Waals surface area (Å²) in [7, 11) is 0. The lowest BCUT2D eigenvalue weighted by Crippen LogP contribution is -2.40. The molecule has 1 heterocycles. The molecule has 0 aromatic rings. The molecule has 1 rings (SSSR count). The van der Waals surface area contributed by atoms with Gasteiger partial charge in [-0.15, -0.1) is 0 Å². The Labute approximate surface area is 120 Å². The highest BCUT2D eigenvalue weighted by molar-refractivity contribution is 4.76. The molecule has 0 aromatic carbocycles. The monoisotopic (exact) mass is 270 g/mol. The fourth-order valence-corrected chi connectivity index (χ4v) is 2.65. The molecule has 0 atom stereocenters. The van der Waals surface area contributed by atoms with Crippen molar-refractivity contribution in [2.45, 2.75) is 53.5 Å². The fraction of sp³-hybridized carbons (Fsp3) is 1.00. The van der Waals surface area contributed by atoms with Gasteiger partial charge in [0, 0.05) is 25.7 Å². The van der Waals surface area contributed by atoms with Crippen molar-refractivity contribution in [3.8, 4) is 0 Å². The third kappa shape index (κ3) is 8.61. The molecule has 0 radical (unpaired) electrons. The van der Waals surface area contributed by atoms with Crippen molar-refractivity contribution < 1.29 is 4.74 Å². The van der Waals surface area contributed by atoms with Gasteiger partial charge in [0.2, 0.25) is 0 Å². The van der Waals surface area contributed by atoms with Crippen LogP contribution in [0.2, 0.25) is 0 Å². The van der Waals surface area contributed by atoms with Crippen LogP contribution in [0.5, 0.6) is 0 Å². The van der Waals surface area contributed by atoms with Gasteiger partial charge < -0.3 is 15.0 Å². The van der Waals surface area contributed by atoms with Gasteiger partial charge >= 0.3 is 0 Å². The Bertz CT molecular complexity index is 227. The van der Waals surface area contributed by atoms with Crippen molar-refractivity contribution in [3.63, 3.8) is 0 Å². The van der Waals surface area contributed by atoms with E-state index in [1.165, 1.54) is 32.5 Å². The number of nitrogens with one attached hydrogen (secondary N) is 1. The van der Waals surface area contributed by atoms with Crippen molar-refractivity contribution in [1.82, 2.24) is 10.2 Å². The van der Waals surface area contributed by atoms with Crippen LogP contribution in [0.3, 0.4) is 0 Å². The number of piperidine rings is 1. The van der Waals surface area contributed by atoms with E-state index >= 15 is 0 Å². The second-order valence-electron chi connectivity index (χ2n) is 7.46. The number of nitrogens with zero attached hydrogens (tertiary/aromatic N) is 1. The minimum atomic E-state index is 0.422. The molecule has 0 aliphatic carbocycles. The van der Waals surface area contributed by atoms with E-state index in [2.05, 4.69) is 44.8 Å². The first kappa shape index (κ1) is 16.9. The van der Waals surface area contributed by atoms with Crippen LogP contribution in [0, 0.1) is 11.3 Å². The van der Waals surface area contributed by atoms with Crippen molar-refractivity contribution in [1.29, 1.82) is 0 Å². The topological polar surface area (TPSA) is 24.5 Å². The smallest absolute Gasteiger partial charge is 0.0591 e. The lowest BCUT2D eigenvalue weighted by molar-refractivity contribution is 0.0595. The molecule has 0 aromatic heterocycles.